The van der Waals surface area contributed by atoms with Gasteiger partial charge in [-0.1, -0.05) is 0 Å². The van der Waals surface area contributed by atoms with E-state index < -0.39 is 0 Å². The Hall–Kier alpha value is -0.870. The average molecular weight is 213 g/mol. The highest BCUT2D eigenvalue weighted by molar-refractivity contribution is 6.28. The molecule has 1 aliphatic heterocycles. The molecule has 0 unspecified atom stereocenters. The van der Waals surface area contributed by atoms with Gasteiger partial charge < -0.3 is 10.2 Å². The van der Waals surface area contributed by atoms with Crippen molar-refractivity contribution < 1.29 is 0 Å². The largest absolute Gasteiger partial charge is 0.354 e. The lowest BCUT2D eigenvalue weighted by atomic mass is 10.3. The molecule has 1 aromatic heterocycles. The summed E-state index contributed by atoms with van der Waals surface area (Å²) in [6, 6.07) is 1.97. The van der Waals surface area contributed by atoms with Crippen molar-refractivity contribution >= 4 is 17.4 Å². The van der Waals surface area contributed by atoms with E-state index in [1.165, 1.54) is 0 Å². The Morgan fingerprint density at radius 3 is 2.71 bits per heavy atom. The van der Waals surface area contributed by atoms with Crippen molar-refractivity contribution in [2.45, 2.75) is 6.92 Å². The van der Waals surface area contributed by atoms with Crippen LogP contribution in [0.3, 0.4) is 0 Å². The number of piperazine rings is 1. The predicted octanol–water partition coefficient (Wildman–Crippen LogP) is 0.848. The molecule has 14 heavy (non-hydrogen) atoms. The first-order chi connectivity index (χ1) is 6.75. The summed E-state index contributed by atoms with van der Waals surface area (Å²) in [4.78, 5) is 10.5. The summed E-state index contributed by atoms with van der Waals surface area (Å²) in [6.07, 6.45) is 0. The topological polar surface area (TPSA) is 41.0 Å². The van der Waals surface area contributed by atoms with Gasteiger partial charge in [-0.25, -0.2) is 9.97 Å². The SMILES string of the molecule is Cc1cc(N2CCNCC2)nc(Cl)n1. The van der Waals surface area contributed by atoms with Crippen molar-refractivity contribution in [2.75, 3.05) is 31.1 Å². The fourth-order valence-electron chi connectivity index (χ4n) is 1.57. The molecule has 1 N–H and O–H groups in total. The summed E-state index contributed by atoms with van der Waals surface area (Å²) in [5.41, 5.74) is 0.915. The van der Waals surface area contributed by atoms with E-state index in [1.54, 1.807) is 0 Å². The third kappa shape index (κ3) is 2.13. The lowest BCUT2D eigenvalue weighted by molar-refractivity contribution is 0.584. The third-order valence-corrected chi connectivity index (χ3v) is 2.42. The molecular formula is C9H13ClN4. The predicted molar refractivity (Wildman–Crippen MR) is 56.9 cm³/mol. The van der Waals surface area contributed by atoms with Crippen LogP contribution in [-0.4, -0.2) is 36.1 Å². The molecule has 0 saturated carbocycles. The maximum absolute atomic E-state index is 5.80. The molecule has 1 fully saturated rings. The molecular weight excluding hydrogens is 200 g/mol. The molecule has 0 bridgehead atoms. The van der Waals surface area contributed by atoms with Crippen LogP contribution in [0.2, 0.25) is 5.28 Å². The number of hydrogen-bond acceptors (Lipinski definition) is 4. The van der Waals surface area contributed by atoms with E-state index in [1.807, 2.05) is 13.0 Å². The minimum Gasteiger partial charge on any atom is -0.354 e. The van der Waals surface area contributed by atoms with Crippen LogP contribution in [0.4, 0.5) is 5.82 Å². The molecule has 0 spiro atoms. The fourth-order valence-corrected chi connectivity index (χ4v) is 1.79. The zero-order valence-corrected chi connectivity index (χ0v) is 8.88. The van der Waals surface area contributed by atoms with Crippen LogP contribution in [0.25, 0.3) is 0 Å². The first kappa shape index (κ1) is 9.68. The van der Waals surface area contributed by atoms with Gasteiger partial charge in [0, 0.05) is 37.9 Å². The van der Waals surface area contributed by atoms with Crippen LogP contribution in [0, 0.1) is 6.92 Å². The van der Waals surface area contributed by atoms with Crippen molar-refractivity contribution in [3.8, 4) is 0 Å². The number of anilines is 1. The molecule has 1 saturated heterocycles. The van der Waals surface area contributed by atoms with E-state index in [2.05, 4.69) is 20.2 Å². The molecule has 0 atom stereocenters. The Balaban J connectivity index is 2.21. The van der Waals surface area contributed by atoms with Crippen molar-refractivity contribution in [3.05, 3.63) is 17.0 Å². The van der Waals surface area contributed by atoms with E-state index in [-0.39, 0.29) is 0 Å². The minimum absolute atomic E-state index is 0.332. The van der Waals surface area contributed by atoms with Gasteiger partial charge in [-0.3, -0.25) is 0 Å². The summed E-state index contributed by atoms with van der Waals surface area (Å²) < 4.78 is 0. The quantitative estimate of drug-likeness (QED) is 0.701. The minimum atomic E-state index is 0.332. The second kappa shape index (κ2) is 4.11. The number of hydrogen-bond donors (Lipinski definition) is 1. The highest BCUT2D eigenvalue weighted by atomic mass is 35.5. The van der Waals surface area contributed by atoms with Crippen molar-refractivity contribution in [1.29, 1.82) is 0 Å². The molecule has 76 valence electrons. The number of nitrogens with zero attached hydrogens (tertiary/aromatic N) is 3. The first-order valence-electron chi connectivity index (χ1n) is 4.72. The van der Waals surface area contributed by atoms with Crippen molar-refractivity contribution in [1.82, 2.24) is 15.3 Å². The Kier molecular flexibility index (Phi) is 2.84. The molecule has 0 aliphatic carbocycles. The highest BCUT2D eigenvalue weighted by Gasteiger charge is 2.12. The van der Waals surface area contributed by atoms with Gasteiger partial charge >= 0.3 is 0 Å². The Labute approximate surface area is 88.3 Å². The lowest BCUT2D eigenvalue weighted by Gasteiger charge is -2.28. The first-order valence-corrected chi connectivity index (χ1v) is 5.10. The van der Waals surface area contributed by atoms with Crippen LogP contribution in [0.15, 0.2) is 6.07 Å². The molecule has 1 aliphatic rings. The number of aromatic nitrogens is 2. The smallest absolute Gasteiger partial charge is 0.224 e. The van der Waals surface area contributed by atoms with Gasteiger partial charge in [-0.2, -0.15) is 0 Å². The maximum atomic E-state index is 5.80. The van der Waals surface area contributed by atoms with E-state index in [4.69, 9.17) is 11.6 Å². The number of nitrogens with one attached hydrogen (secondary N) is 1. The molecule has 5 heteroatoms. The summed E-state index contributed by atoms with van der Waals surface area (Å²) in [5, 5.41) is 3.63. The molecule has 4 nitrogen and oxygen atoms in total. The van der Waals surface area contributed by atoms with Crippen LogP contribution in [-0.2, 0) is 0 Å². The summed E-state index contributed by atoms with van der Waals surface area (Å²) in [5.74, 6) is 0.934. The summed E-state index contributed by atoms with van der Waals surface area (Å²) in [6.45, 7) is 5.89. The Morgan fingerprint density at radius 2 is 2.07 bits per heavy atom. The van der Waals surface area contributed by atoms with Crippen molar-refractivity contribution in [2.24, 2.45) is 0 Å². The van der Waals surface area contributed by atoms with E-state index >= 15 is 0 Å². The number of halogens is 1. The van der Waals surface area contributed by atoms with E-state index in [9.17, 15) is 0 Å². The van der Waals surface area contributed by atoms with E-state index in [0.717, 1.165) is 37.7 Å². The molecule has 0 radical (unpaired) electrons. The molecule has 2 heterocycles. The van der Waals surface area contributed by atoms with Gasteiger partial charge in [-0.05, 0) is 18.5 Å². The van der Waals surface area contributed by atoms with E-state index in [0.29, 0.717) is 5.28 Å². The second-order valence-corrected chi connectivity index (χ2v) is 3.71. The van der Waals surface area contributed by atoms with Crippen LogP contribution >= 0.6 is 11.6 Å². The Bertz CT molecular complexity index is 302. The number of rotatable bonds is 1. The van der Waals surface area contributed by atoms with Gasteiger partial charge in [0.1, 0.15) is 5.82 Å². The monoisotopic (exact) mass is 212 g/mol. The third-order valence-electron chi connectivity index (χ3n) is 2.25. The van der Waals surface area contributed by atoms with Crippen LogP contribution in [0.1, 0.15) is 5.69 Å². The fraction of sp³-hybridized carbons (Fsp3) is 0.556. The van der Waals surface area contributed by atoms with Crippen molar-refractivity contribution in [3.63, 3.8) is 0 Å². The van der Waals surface area contributed by atoms with Crippen LogP contribution < -0.4 is 10.2 Å². The lowest BCUT2D eigenvalue weighted by Crippen LogP contribution is -2.43. The molecule has 2 rings (SSSR count). The molecule has 0 aromatic carbocycles. The number of aryl methyl sites for hydroxylation is 1. The van der Waals surface area contributed by atoms with Gasteiger partial charge in [-0.15, -0.1) is 0 Å². The molecule has 1 aromatic rings. The zero-order chi connectivity index (χ0) is 9.97. The zero-order valence-electron chi connectivity index (χ0n) is 8.13. The normalized spacial score (nSPS) is 17.1. The summed E-state index contributed by atoms with van der Waals surface area (Å²) >= 11 is 5.80. The second-order valence-electron chi connectivity index (χ2n) is 3.37. The highest BCUT2D eigenvalue weighted by Crippen LogP contribution is 2.14. The molecule has 0 amide bonds. The van der Waals surface area contributed by atoms with Gasteiger partial charge in [0.15, 0.2) is 0 Å². The van der Waals surface area contributed by atoms with Gasteiger partial charge in [0.05, 0.1) is 0 Å². The maximum Gasteiger partial charge on any atom is 0.224 e. The average Bonchev–Trinajstić information content (AvgIpc) is 2.18. The standard InChI is InChI=1S/C9H13ClN4/c1-7-6-8(13-9(10)12-7)14-4-2-11-3-5-14/h6,11H,2-5H2,1H3. The van der Waals surface area contributed by atoms with Crippen LogP contribution in [0.5, 0.6) is 0 Å². The van der Waals surface area contributed by atoms with Gasteiger partial charge in [0.2, 0.25) is 5.28 Å². The summed E-state index contributed by atoms with van der Waals surface area (Å²) in [7, 11) is 0. The van der Waals surface area contributed by atoms with Gasteiger partial charge in [0.25, 0.3) is 0 Å². The Morgan fingerprint density at radius 1 is 1.36 bits per heavy atom.